The second-order valence-corrected chi connectivity index (χ2v) is 5.96. The summed E-state index contributed by atoms with van der Waals surface area (Å²) in [4.78, 5) is 12.4. The van der Waals surface area contributed by atoms with Gasteiger partial charge in [-0.1, -0.05) is 11.6 Å². The number of aryl methyl sites for hydroxylation is 1. The van der Waals surface area contributed by atoms with Crippen LogP contribution in [0.1, 0.15) is 41.6 Å². The summed E-state index contributed by atoms with van der Waals surface area (Å²) in [5.74, 6) is 1.03. The molecule has 18 heavy (non-hydrogen) atoms. The molecule has 0 aliphatic carbocycles. The van der Waals surface area contributed by atoms with Gasteiger partial charge < -0.3 is 10.1 Å². The Bertz CT molecular complexity index is 539. The van der Waals surface area contributed by atoms with Gasteiger partial charge in [-0.05, 0) is 31.9 Å². The number of benzene rings is 1. The summed E-state index contributed by atoms with van der Waals surface area (Å²) in [6, 6.07) is 6.84. The molecule has 1 aromatic rings. The van der Waals surface area contributed by atoms with Gasteiger partial charge in [0, 0.05) is 18.5 Å². The van der Waals surface area contributed by atoms with Crippen LogP contribution in [0.3, 0.4) is 0 Å². The van der Waals surface area contributed by atoms with E-state index in [2.05, 4.69) is 5.32 Å². The standard InChI is InChI=1S/C15H17NO2/c1-9-2-4-13-11(6-9)12(17)8-15(18-13)7-10-3-5-14(15)16-10/h2,4,6,10,14,16H,3,5,7-8H2,1H3/t10-,14+,15+/m1/s1. The van der Waals surface area contributed by atoms with Crippen molar-refractivity contribution in [2.45, 2.75) is 50.3 Å². The number of Topliss-reactive ketones (excluding diaryl/α,β-unsaturated/α-hetero) is 1. The molecule has 2 saturated heterocycles. The molecule has 3 aliphatic heterocycles. The molecule has 3 heteroatoms. The van der Waals surface area contributed by atoms with E-state index in [-0.39, 0.29) is 11.4 Å². The Kier molecular flexibility index (Phi) is 1.97. The lowest BCUT2D eigenvalue weighted by Gasteiger charge is -2.40. The molecular weight excluding hydrogens is 226 g/mol. The molecule has 0 aromatic heterocycles. The minimum atomic E-state index is -0.262. The first kappa shape index (κ1) is 10.6. The molecule has 1 N–H and O–H groups in total. The van der Waals surface area contributed by atoms with Crippen LogP contribution in [0.4, 0.5) is 0 Å². The second-order valence-electron chi connectivity index (χ2n) is 5.96. The van der Waals surface area contributed by atoms with E-state index in [1.54, 1.807) is 0 Å². The average Bonchev–Trinajstić information content (AvgIpc) is 2.91. The fourth-order valence-electron chi connectivity index (χ4n) is 3.84. The number of nitrogens with one attached hydrogen (secondary N) is 1. The number of carbonyl (C=O) groups is 1. The van der Waals surface area contributed by atoms with E-state index in [1.807, 2.05) is 25.1 Å². The van der Waals surface area contributed by atoms with Gasteiger partial charge in [0.05, 0.1) is 12.0 Å². The van der Waals surface area contributed by atoms with Crippen LogP contribution < -0.4 is 10.1 Å². The predicted octanol–water partition coefficient (Wildman–Crippen LogP) is 2.22. The van der Waals surface area contributed by atoms with Crippen molar-refractivity contribution in [1.82, 2.24) is 5.32 Å². The number of rotatable bonds is 0. The molecule has 2 bridgehead atoms. The highest BCUT2D eigenvalue weighted by atomic mass is 16.5. The molecule has 0 amide bonds. The largest absolute Gasteiger partial charge is 0.484 e. The Labute approximate surface area is 107 Å². The monoisotopic (exact) mass is 243 g/mol. The topological polar surface area (TPSA) is 38.3 Å². The van der Waals surface area contributed by atoms with Crippen molar-refractivity contribution in [1.29, 1.82) is 0 Å². The molecule has 0 unspecified atom stereocenters. The highest BCUT2D eigenvalue weighted by molar-refractivity contribution is 6.00. The van der Waals surface area contributed by atoms with E-state index < -0.39 is 0 Å². The van der Waals surface area contributed by atoms with Gasteiger partial charge in [0.1, 0.15) is 11.4 Å². The summed E-state index contributed by atoms with van der Waals surface area (Å²) in [6.45, 7) is 2.01. The number of hydrogen-bond acceptors (Lipinski definition) is 3. The lowest BCUT2D eigenvalue weighted by Crippen LogP contribution is -2.51. The smallest absolute Gasteiger partial charge is 0.170 e. The summed E-state index contributed by atoms with van der Waals surface area (Å²) in [7, 11) is 0. The van der Waals surface area contributed by atoms with E-state index in [9.17, 15) is 4.79 Å². The zero-order valence-corrected chi connectivity index (χ0v) is 10.5. The van der Waals surface area contributed by atoms with E-state index in [1.165, 1.54) is 6.42 Å². The predicted molar refractivity (Wildman–Crippen MR) is 68.0 cm³/mol. The van der Waals surface area contributed by atoms with Crippen LogP contribution in [0.25, 0.3) is 0 Å². The Morgan fingerprint density at radius 3 is 3.00 bits per heavy atom. The average molecular weight is 243 g/mol. The van der Waals surface area contributed by atoms with Crippen molar-refractivity contribution < 1.29 is 9.53 Å². The maximum Gasteiger partial charge on any atom is 0.170 e. The van der Waals surface area contributed by atoms with Gasteiger partial charge in [0.2, 0.25) is 0 Å². The third-order valence-electron chi connectivity index (χ3n) is 4.68. The Hall–Kier alpha value is -1.35. The van der Waals surface area contributed by atoms with Crippen molar-refractivity contribution in [3.63, 3.8) is 0 Å². The number of ketones is 1. The minimum absolute atomic E-state index is 0.245. The van der Waals surface area contributed by atoms with Crippen LogP contribution >= 0.6 is 0 Å². The van der Waals surface area contributed by atoms with Gasteiger partial charge in [-0.3, -0.25) is 4.79 Å². The number of ether oxygens (including phenoxy) is 1. The molecule has 3 aliphatic rings. The summed E-state index contributed by atoms with van der Waals surface area (Å²) in [5, 5.41) is 3.57. The molecule has 1 spiro atoms. The molecule has 1 aromatic carbocycles. The van der Waals surface area contributed by atoms with E-state index in [4.69, 9.17) is 4.74 Å². The second kappa shape index (κ2) is 3.35. The molecule has 3 atom stereocenters. The molecule has 94 valence electrons. The Balaban J connectivity index is 1.76. The lowest BCUT2D eigenvalue weighted by atomic mass is 9.78. The fraction of sp³-hybridized carbons (Fsp3) is 0.533. The van der Waals surface area contributed by atoms with E-state index in [0.29, 0.717) is 18.5 Å². The summed E-state index contributed by atoms with van der Waals surface area (Å²) in [5.41, 5.74) is 1.62. The van der Waals surface area contributed by atoms with Gasteiger partial charge >= 0.3 is 0 Å². The highest BCUT2D eigenvalue weighted by Gasteiger charge is 2.55. The van der Waals surface area contributed by atoms with Gasteiger partial charge in [-0.25, -0.2) is 0 Å². The number of fused-ring (bicyclic) bond motifs is 4. The fourth-order valence-corrected chi connectivity index (χ4v) is 3.84. The molecule has 0 saturated carbocycles. The van der Waals surface area contributed by atoms with Crippen LogP contribution in [0.2, 0.25) is 0 Å². The van der Waals surface area contributed by atoms with Gasteiger partial charge in [-0.2, -0.15) is 0 Å². The SMILES string of the molecule is Cc1ccc2c(c1)C(=O)C[C@]1(C[C@H]3CC[C@@H]1N3)O2. The van der Waals surface area contributed by atoms with Crippen LogP contribution in [-0.2, 0) is 0 Å². The van der Waals surface area contributed by atoms with Crippen molar-refractivity contribution in [2.24, 2.45) is 0 Å². The Morgan fingerprint density at radius 1 is 1.39 bits per heavy atom. The summed E-state index contributed by atoms with van der Waals surface area (Å²) >= 11 is 0. The molecule has 3 nitrogen and oxygen atoms in total. The maximum absolute atomic E-state index is 12.4. The van der Waals surface area contributed by atoms with Crippen molar-refractivity contribution in [3.8, 4) is 5.75 Å². The first-order valence-electron chi connectivity index (χ1n) is 6.75. The molecule has 0 radical (unpaired) electrons. The van der Waals surface area contributed by atoms with Crippen molar-refractivity contribution in [3.05, 3.63) is 29.3 Å². The quantitative estimate of drug-likeness (QED) is 0.759. The molecule has 2 fully saturated rings. The normalized spacial score (nSPS) is 36.8. The third-order valence-corrected chi connectivity index (χ3v) is 4.68. The molecular formula is C15H17NO2. The highest BCUT2D eigenvalue weighted by Crippen LogP contribution is 2.46. The first-order chi connectivity index (χ1) is 8.66. The van der Waals surface area contributed by atoms with E-state index >= 15 is 0 Å². The van der Waals surface area contributed by atoms with Crippen LogP contribution in [0, 0.1) is 6.92 Å². The first-order valence-corrected chi connectivity index (χ1v) is 6.75. The van der Waals surface area contributed by atoms with Crippen LogP contribution in [0.15, 0.2) is 18.2 Å². The summed E-state index contributed by atoms with van der Waals surface area (Å²) in [6.07, 6.45) is 3.89. The van der Waals surface area contributed by atoms with Crippen LogP contribution in [-0.4, -0.2) is 23.5 Å². The molecule has 4 rings (SSSR count). The van der Waals surface area contributed by atoms with E-state index in [0.717, 1.165) is 29.7 Å². The van der Waals surface area contributed by atoms with Crippen LogP contribution in [0.5, 0.6) is 5.75 Å². The van der Waals surface area contributed by atoms with Crippen molar-refractivity contribution in [2.75, 3.05) is 0 Å². The Morgan fingerprint density at radius 2 is 2.28 bits per heavy atom. The summed E-state index contributed by atoms with van der Waals surface area (Å²) < 4.78 is 6.26. The minimum Gasteiger partial charge on any atom is -0.484 e. The molecule has 3 heterocycles. The van der Waals surface area contributed by atoms with Gasteiger partial charge in [0.15, 0.2) is 5.78 Å². The number of hydrogen-bond donors (Lipinski definition) is 1. The lowest BCUT2D eigenvalue weighted by molar-refractivity contribution is 0.0232. The van der Waals surface area contributed by atoms with Gasteiger partial charge in [0.25, 0.3) is 0 Å². The zero-order valence-electron chi connectivity index (χ0n) is 10.5. The zero-order chi connectivity index (χ0) is 12.3. The number of carbonyl (C=O) groups excluding carboxylic acids is 1. The maximum atomic E-state index is 12.4. The third kappa shape index (κ3) is 1.31. The van der Waals surface area contributed by atoms with Gasteiger partial charge in [-0.15, -0.1) is 0 Å². The van der Waals surface area contributed by atoms with Crippen molar-refractivity contribution >= 4 is 5.78 Å².